The number of nitrogens with one attached hydrogen (secondary N) is 1. The Morgan fingerprint density at radius 1 is 1.42 bits per heavy atom. The summed E-state index contributed by atoms with van der Waals surface area (Å²) in [6, 6.07) is 7.95. The molecule has 1 aromatic carbocycles. The SMILES string of the molecule is Cc1n[nH]c(C)c1C(=O)N(C)Cc1cccc(Br)c1. The second kappa shape index (κ2) is 5.57. The van der Waals surface area contributed by atoms with Gasteiger partial charge in [0.2, 0.25) is 0 Å². The molecule has 4 nitrogen and oxygen atoms in total. The van der Waals surface area contributed by atoms with Crippen LogP contribution in [0, 0.1) is 13.8 Å². The van der Waals surface area contributed by atoms with Crippen LogP contribution in [0.5, 0.6) is 0 Å². The molecule has 1 aromatic heterocycles. The van der Waals surface area contributed by atoms with E-state index in [1.165, 1.54) is 0 Å². The zero-order valence-electron chi connectivity index (χ0n) is 11.2. The van der Waals surface area contributed by atoms with Gasteiger partial charge in [-0.05, 0) is 31.5 Å². The molecule has 0 aliphatic carbocycles. The molecule has 0 unspecified atom stereocenters. The summed E-state index contributed by atoms with van der Waals surface area (Å²) >= 11 is 3.43. The van der Waals surface area contributed by atoms with Gasteiger partial charge in [-0.2, -0.15) is 5.10 Å². The normalized spacial score (nSPS) is 10.5. The molecule has 0 radical (unpaired) electrons. The van der Waals surface area contributed by atoms with Crippen LogP contribution in [0.2, 0.25) is 0 Å². The molecule has 100 valence electrons. The first-order valence-electron chi connectivity index (χ1n) is 6.00. The average Bonchev–Trinajstić information content (AvgIpc) is 2.68. The van der Waals surface area contributed by atoms with E-state index in [-0.39, 0.29) is 5.91 Å². The lowest BCUT2D eigenvalue weighted by Gasteiger charge is -2.17. The number of H-pyrrole nitrogens is 1. The van der Waals surface area contributed by atoms with E-state index in [1.807, 2.05) is 38.1 Å². The van der Waals surface area contributed by atoms with Crippen molar-refractivity contribution in [2.24, 2.45) is 0 Å². The zero-order chi connectivity index (χ0) is 14.0. The number of amides is 1. The van der Waals surface area contributed by atoms with Gasteiger partial charge in [-0.25, -0.2) is 0 Å². The van der Waals surface area contributed by atoms with E-state index in [1.54, 1.807) is 11.9 Å². The highest BCUT2D eigenvalue weighted by Crippen LogP contribution is 2.16. The Morgan fingerprint density at radius 3 is 2.74 bits per heavy atom. The average molecular weight is 322 g/mol. The van der Waals surface area contributed by atoms with Gasteiger partial charge < -0.3 is 4.90 Å². The Labute approximate surface area is 120 Å². The highest BCUT2D eigenvalue weighted by molar-refractivity contribution is 9.10. The van der Waals surface area contributed by atoms with Gasteiger partial charge in [0.25, 0.3) is 5.91 Å². The quantitative estimate of drug-likeness (QED) is 0.944. The first-order chi connectivity index (χ1) is 8.99. The van der Waals surface area contributed by atoms with E-state index in [9.17, 15) is 4.79 Å². The topological polar surface area (TPSA) is 49.0 Å². The second-order valence-corrected chi connectivity index (χ2v) is 5.52. The van der Waals surface area contributed by atoms with Crippen molar-refractivity contribution in [1.29, 1.82) is 0 Å². The Kier molecular flexibility index (Phi) is 4.04. The molecule has 0 saturated heterocycles. The fourth-order valence-electron chi connectivity index (χ4n) is 2.04. The summed E-state index contributed by atoms with van der Waals surface area (Å²) in [5, 5.41) is 6.90. The summed E-state index contributed by atoms with van der Waals surface area (Å²) in [5.74, 6) is -0.0104. The van der Waals surface area contributed by atoms with E-state index in [4.69, 9.17) is 0 Å². The molecule has 0 aliphatic heterocycles. The van der Waals surface area contributed by atoms with Gasteiger partial charge in [-0.3, -0.25) is 9.89 Å². The molecule has 1 N–H and O–H groups in total. The van der Waals surface area contributed by atoms with Gasteiger partial charge in [0, 0.05) is 23.8 Å². The number of aromatic nitrogens is 2. The summed E-state index contributed by atoms with van der Waals surface area (Å²) in [4.78, 5) is 14.1. The maximum Gasteiger partial charge on any atom is 0.257 e. The number of nitrogens with zero attached hydrogens (tertiary/aromatic N) is 2. The lowest BCUT2D eigenvalue weighted by atomic mass is 10.1. The Balaban J connectivity index is 2.16. The van der Waals surface area contributed by atoms with Crippen molar-refractivity contribution < 1.29 is 4.79 Å². The summed E-state index contributed by atoms with van der Waals surface area (Å²) in [6.45, 7) is 4.27. The fourth-order valence-corrected chi connectivity index (χ4v) is 2.48. The summed E-state index contributed by atoms with van der Waals surface area (Å²) in [5.41, 5.74) is 3.30. The van der Waals surface area contributed by atoms with Gasteiger partial charge in [-0.1, -0.05) is 28.1 Å². The van der Waals surface area contributed by atoms with Crippen molar-refractivity contribution in [3.8, 4) is 0 Å². The van der Waals surface area contributed by atoms with Crippen molar-refractivity contribution in [3.05, 3.63) is 51.3 Å². The fraction of sp³-hybridized carbons (Fsp3) is 0.286. The second-order valence-electron chi connectivity index (χ2n) is 4.60. The van der Waals surface area contributed by atoms with Crippen LogP contribution in [-0.2, 0) is 6.54 Å². The lowest BCUT2D eigenvalue weighted by Crippen LogP contribution is -2.27. The monoisotopic (exact) mass is 321 g/mol. The largest absolute Gasteiger partial charge is 0.337 e. The van der Waals surface area contributed by atoms with E-state index >= 15 is 0 Å². The number of hydrogen-bond donors (Lipinski definition) is 1. The molecule has 19 heavy (non-hydrogen) atoms. The minimum atomic E-state index is -0.0104. The Morgan fingerprint density at radius 2 is 2.16 bits per heavy atom. The Bertz CT molecular complexity index is 587. The van der Waals surface area contributed by atoms with Gasteiger partial charge in [-0.15, -0.1) is 0 Å². The zero-order valence-corrected chi connectivity index (χ0v) is 12.8. The third-order valence-electron chi connectivity index (χ3n) is 3.00. The smallest absolute Gasteiger partial charge is 0.257 e. The molecular formula is C14H16BrN3O. The molecular weight excluding hydrogens is 306 g/mol. The van der Waals surface area contributed by atoms with Crippen LogP contribution in [0.15, 0.2) is 28.7 Å². The minimum Gasteiger partial charge on any atom is -0.337 e. The standard InChI is InChI=1S/C14H16BrN3O/c1-9-13(10(2)17-16-9)14(19)18(3)8-11-5-4-6-12(15)7-11/h4-7H,8H2,1-3H3,(H,16,17). The van der Waals surface area contributed by atoms with Gasteiger partial charge >= 0.3 is 0 Å². The van der Waals surface area contributed by atoms with Crippen molar-refractivity contribution in [1.82, 2.24) is 15.1 Å². The van der Waals surface area contributed by atoms with Crippen LogP contribution in [0.4, 0.5) is 0 Å². The van der Waals surface area contributed by atoms with E-state index in [0.717, 1.165) is 21.4 Å². The lowest BCUT2D eigenvalue weighted by molar-refractivity contribution is 0.0783. The van der Waals surface area contributed by atoms with Crippen LogP contribution in [0.1, 0.15) is 27.3 Å². The molecule has 2 aromatic rings. The minimum absolute atomic E-state index is 0.0104. The number of aryl methyl sites for hydroxylation is 2. The van der Waals surface area contributed by atoms with E-state index < -0.39 is 0 Å². The van der Waals surface area contributed by atoms with E-state index in [0.29, 0.717) is 12.1 Å². The van der Waals surface area contributed by atoms with Crippen molar-refractivity contribution in [2.45, 2.75) is 20.4 Å². The molecule has 0 fully saturated rings. The number of carbonyl (C=O) groups excluding carboxylic acids is 1. The van der Waals surface area contributed by atoms with E-state index in [2.05, 4.69) is 26.1 Å². The molecule has 0 saturated carbocycles. The summed E-state index contributed by atoms with van der Waals surface area (Å²) in [7, 11) is 1.80. The molecule has 5 heteroatoms. The number of aromatic amines is 1. The number of benzene rings is 1. The van der Waals surface area contributed by atoms with Crippen LogP contribution >= 0.6 is 15.9 Å². The number of rotatable bonds is 3. The van der Waals surface area contributed by atoms with Crippen molar-refractivity contribution >= 4 is 21.8 Å². The number of hydrogen-bond acceptors (Lipinski definition) is 2. The molecule has 1 amide bonds. The van der Waals surface area contributed by atoms with Crippen LogP contribution in [-0.4, -0.2) is 28.1 Å². The highest BCUT2D eigenvalue weighted by atomic mass is 79.9. The van der Waals surface area contributed by atoms with Crippen LogP contribution in [0.25, 0.3) is 0 Å². The third kappa shape index (κ3) is 3.04. The molecule has 0 spiro atoms. The van der Waals surface area contributed by atoms with Crippen LogP contribution < -0.4 is 0 Å². The van der Waals surface area contributed by atoms with Crippen LogP contribution in [0.3, 0.4) is 0 Å². The number of carbonyl (C=O) groups is 1. The molecule has 2 rings (SSSR count). The molecule has 0 aliphatic rings. The first kappa shape index (κ1) is 13.8. The number of halogens is 1. The third-order valence-corrected chi connectivity index (χ3v) is 3.49. The van der Waals surface area contributed by atoms with Gasteiger partial charge in [0.1, 0.15) is 0 Å². The van der Waals surface area contributed by atoms with Gasteiger partial charge in [0.05, 0.1) is 11.3 Å². The maximum absolute atomic E-state index is 12.4. The predicted molar refractivity (Wildman–Crippen MR) is 78.0 cm³/mol. The van der Waals surface area contributed by atoms with Crippen molar-refractivity contribution in [2.75, 3.05) is 7.05 Å². The Hall–Kier alpha value is -1.62. The van der Waals surface area contributed by atoms with Crippen molar-refractivity contribution in [3.63, 3.8) is 0 Å². The molecule has 0 atom stereocenters. The summed E-state index contributed by atoms with van der Waals surface area (Å²) < 4.78 is 1.02. The summed E-state index contributed by atoms with van der Waals surface area (Å²) in [6.07, 6.45) is 0. The first-order valence-corrected chi connectivity index (χ1v) is 6.80. The molecule has 1 heterocycles. The molecule has 0 bridgehead atoms. The predicted octanol–water partition coefficient (Wildman–Crippen LogP) is 3.06. The maximum atomic E-state index is 12.4. The highest BCUT2D eigenvalue weighted by Gasteiger charge is 2.19. The van der Waals surface area contributed by atoms with Gasteiger partial charge in [0.15, 0.2) is 0 Å².